The highest BCUT2D eigenvalue weighted by Crippen LogP contribution is 2.33. The van der Waals surface area contributed by atoms with Gasteiger partial charge in [0.05, 0.1) is 0 Å². The van der Waals surface area contributed by atoms with E-state index >= 15 is 0 Å². The topological polar surface area (TPSA) is 63.3 Å². The molecule has 1 aromatic rings. The maximum atomic E-state index is 12.6. The Labute approximate surface area is 106 Å². The number of thioether (sulfide) groups is 1. The molecular weight excluding hydrogens is 267 g/mol. The van der Waals surface area contributed by atoms with E-state index in [2.05, 4.69) is 0 Å². The number of carboxylic acid groups (broad SMARTS) is 1. The molecule has 0 saturated heterocycles. The maximum Gasteiger partial charge on any atom is 0.417 e. The van der Waals surface area contributed by atoms with Crippen LogP contribution in [-0.2, 0) is 4.79 Å². The van der Waals surface area contributed by atoms with Gasteiger partial charge in [0.1, 0.15) is 0 Å². The van der Waals surface area contributed by atoms with Crippen molar-refractivity contribution in [2.45, 2.75) is 23.0 Å². The Balaban J connectivity index is 2.62. The van der Waals surface area contributed by atoms with E-state index in [-0.39, 0.29) is 5.75 Å². The number of carboxylic acids is 1. The van der Waals surface area contributed by atoms with Gasteiger partial charge in [0.2, 0.25) is 5.54 Å². The number of alkyl halides is 3. The lowest BCUT2D eigenvalue weighted by Crippen LogP contribution is -2.59. The summed E-state index contributed by atoms with van der Waals surface area (Å²) >= 11 is 1.14. The normalized spacial score (nSPS) is 15.1. The third-order valence-corrected chi connectivity index (χ3v) is 3.41. The van der Waals surface area contributed by atoms with Crippen molar-refractivity contribution in [3.63, 3.8) is 0 Å². The van der Waals surface area contributed by atoms with Crippen molar-refractivity contribution in [3.8, 4) is 0 Å². The monoisotopic (exact) mass is 279 g/mol. The van der Waals surface area contributed by atoms with Crippen LogP contribution in [0.4, 0.5) is 13.2 Å². The van der Waals surface area contributed by atoms with Gasteiger partial charge in [-0.2, -0.15) is 13.2 Å². The smallest absolute Gasteiger partial charge is 0.417 e. The Morgan fingerprint density at radius 2 is 1.83 bits per heavy atom. The number of rotatable bonds is 5. The fourth-order valence-electron chi connectivity index (χ4n) is 1.22. The van der Waals surface area contributed by atoms with Crippen LogP contribution in [-0.4, -0.2) is 28.5 Å². The van der Waals surface area contributed by atoms with Crippen LogP contribution in [0.5, 0.6) is 0 Å². The molecule has 100 valence electrons. The molecule has 0 aliphatic rings. The van der Waals surface area contributed by atoms with E-state index in [1.54, 1.807) is 30.3 Å². The Morgan fingerprint density at radius 1 is 1.28 bits per heavy atom. The Kier molecular flexibility index (Phi) is 4.64. The van der Waals surface area contributed by atoms with Gasteiger partial charge in [-0.3, -0.25) is 0 Å². The van der Waals surface area contributed by atoms with E-state index < -0.39 is 24.1 Å². The molecule has 3 nitrogen and oxygen atoms in total. The maximum absolute atomic E-state index is 12.6. The largest absolute Gasteiger partial charge is 0.480 e. The number of aliphatic carboxylic acids is 1. The number of nitrogens with two attached hydrogens (primary N) is 1. The van der Waals surface area contributed by atoms with E-state index in [1.807, 2.05) is 0 Å². The number of hydrogen-bond donors (Lipinski definition) is 2. The molecule has 0 saturated carbocycles. The lowest BCUT2D eigenvalue weighted by Gasteiger charge is -2.27. The van der Waals surface area contributed by atoms with E-state index in [0.29, 0.717) is 0 Å². The quantitative estimate of drug-likeness (QED) is 0.813. The molecule has 0 spiro atoms. The van der Waals surface area contributed by atoms with Crippen molar-refractivity contribution in [2.24, 2.45) is 5.73 Å². The molecule has 1 aromatic carbocycles. The SMILES string of the molecule is NC(CCSc1ccccc1)(C(=O)O)C(F)(F)F. The van der Waals surface area contributed by atoms with Gasteiger partial charge < -0.3 is 10.8 Å². The van der Waals surface area contributed by atoms with Crippen molar-refractivity contribution >= 4 is 17.7 Å². The minimum Gasteiger partial charge on any atom is -0.480 e. The van der Waals surface area contributed by atoms with Gasteiger partial charge in [-0.1, -0.05) is 18.2 Å². The van der Waals surface area contributed by atoms with Gasteiger partial charge in [-0.15, -0.1) is 11.8 Å². The first-order valence-corrected chi connectivity index (χ1v) is 6.03. The summed E-state index contributed by atoms with van der Waals surface area (Å²) in [5.41, 5.74) is 1.76. The van der Waals surface area contributed by atoms with E-state index in [4.69, 9.17) is 10.8 Å². The first-order chi connectivity index (χ1) is 8.27. The average Bonchev–Trinajstić information content (AvgIpc) is 2.28. The molecule has 1 atom stereocenters. The van der Waals surface area contributed by atoms with E-state index in [1.165, 1.54) is 0 Å². The molecular formula is C11H12F3NO2S. The Bertz CT molecular complexity index is 410. The molecule has 0 amide bonds. The van der Waals surface area contributed by atoms with Crippen LogP contribution in [0.3, 0.4) is 0 Å². The average molecular weight is 279 g/mol. The second-order valence-electron chi connectivity index (χ2n) is 3.69. The summed E-state index contributed by atoms with van der Waals surface area (Å²) in [6.07, 6.45) is -5.64. The summed E-state index contributed by atoms with van der Waals surface area (Å²) in [5, 5.41) is 8.61. The van der Waals surface area contributed by atoms with Crippen molar-refractivity contribution in [2.75, 3.05) is 5.75 Å². The number of hydrogen-bond acceptors (Lipinski definition) is 3. The highest BCUT2D eigenvalue weighted by Gasteiger charge is 2.57. The summed E-state index contributed by atoms with van der Waals surface area (Å²) in [5.74, 6) is -2.07. The fourth-order valence-corrected chi connectivity index (χ4v) is 2.23. The minimum absolute atomic E-state index is 0.0215. The van der Waals surface area contributed by atoms with Crippen molar-refractivity contribution in [1.82, 2.24) is 0 Å². The van der Waals surface area contributed by atoms with Crippen LogP contribution in [0.1, 0.15) is 6.42 Å². The highest BCUT2D eigenvalue weighted by atomic mass is 32.2. The van der Waals surface area contributed by atoms with Gasteiger partial charge in [0.25, 0.3) is 0 Å². The Morgan fingerprint density at radius 3 is 2.28 bits per heavy atom. The summed E-state index contributed by atoms with van der Waals surface area (Å²) in [6.45, 7) is 0. The molecule has 0 aromatic heterocycles. The lowest BCUT2D eigenvalue weighted by molar-refractivity contribution is -0.202. The summed E-state index contributed by atoms with van der Waals surface area (Å²) in [6, 6.07) is 8.75. The van der Waals surface area contributed by atoms with Crippen LogP contribution in [0.2, 0.25) is 0 Å². The zero-order valence-corrected chi connectivity index (χ0v) is 10.1. The molecule has 0 aliphatic carbocycles. The van der Waals surface area contributed by atoms with Gasteiger partial charge in [-0.05, 0) is 18.6 Å². The Hall–Kier alpha value is -1.21. The molecule has 0 aliphatic heterocycles. The van der Waals surface area contributed by atoms with Crippen molar-refractivity contribution in [1.29, 1.82) is 0 Å². The second-order valence-corrected chi connectivity index (χ2v) is 4.85. The lowest BCUT2D eigenvalue weighted by atomic mass is 9.97. The summed E-state index contributed by atoms with van der Waals surface area (Å²) in [7, 11) is 0. The van der Waals surface area contributed by atoms with Crippen LogP contribution in [0.25, 0.3) is 0 Å². The summed E-state index contributed by atoms with van der Waals surface area (Å²) in [4.78, 5) is 11.4. The van der Waals surface area contributed by atoms with Gasteiger partial charge in [0, 0.05) is 10.6 Å². The first-order valence-electron chi connectivity index (χ1n) is 5.04. The molecule has 0 heterocycles. The molecule has 0 bridgehead atoms. The first kappa shape index (κ1) is 14.8. The standard InChI is InChI=1S/C11H12F3NO2S/c12-11(13,14)10(15,9(16)17)6-7-18-8-4-2-1-3-5-8/h1-5H,6-7,15H2,(H,16,17). The van der Waals surface area contributed by atoms with Gasteiger partial charge in [0.15, 0.2) is 0 Å². The molecule has 18 heavy (non-hydrogen) atoms. The molecule has 0 fully saturated rings. The molecule has 0 radical (unpaired) electrons. The third-order valence-electron chi connectivity index (χ3n) is 2.40. The van der Waals surface area contributed by atoms with Gasteiger partial charge in [-0.25, -0.2) is 4.79 Å². The summed E-state index contributed by atoms with van der Waals surface area (Å²) < 4.78 is 37.7. The van der Waals surface area contributed by atoms with Crippen molar-refractivity contribution in [3.05, 3.63) is 30.3 Å². The predicted octanol–water partition coefficient (Wildman–Crippen LogP) is 2.51. The van der Waals surface area contributed by atoms with Crippen LogP contribution < -0.4 is 5.73 Å². The highest BCUT2D eigenvalue weighted by molar-refractivity contribution is 7.99. The zero-order chi connectivity index (χ0) is 13.8. The number of carbonyl (C=O) groups is 1. The molecule has 7 heteroatoms. The number of benzene rings is 1. The van der Waals surface area contributed by atoms with E-state index in [9.17, 15) is 18.0 Å². The second kappa shape index (κ2) is 5.62. The minimum atomic E-state index is -4.96. The molecule has 1 unspecified atom stereocenters. The van der Waals surface area contributed by atoms with Gasteiger partial charge >= 0.3 is 12.1 Å². The van der Waals surface area contributed by atoms with Crippen LogP contribution >= 0.6 is 11.8 Å². The molecule has 3 N–H and O–H groups in total. The van der Waals surface area contributed by atoms with Crippen molar-refractivity contribution < 1.29 is 23.1 Å². The van der Waals surface area contributed by atoms with E-state index in [0.717, 1.165) is 16.7 Å². The number of halogens is 3. The predicted molar refractivity (Wildman–Crippen MR) is 62.4 cm³/mol. The van der Waals surface area contributed by atoms with Crippen LogP contribution in [0.15, 0.2) is 35.2 Å². The molecule has 1 rings (SSSR count). The zero-order valence-electron chi connectivity index (χ0n) is 9.28. The fraction of sp³-hybridized carbons (Fsp3) is 0.364. The third kappa shape index (κ3) is 3.39. The van der Waals surface area contributed by atoms with Crippen LogP contribution in [0, 0.1) is 0 Å².